The summed E-state index contributed by atoms with van der Waals surface area (Å²) in [7, 11) is 0. The van der Waals surface area contributed by atoms with Crippen molar-refractivity contribution in [2.75, 3.05) is 6.61 Å². The van der Waals surface area contributed by atoms with Crippen LogP contribution in [0.15, 0.2) is 27.3 Å². The highest BCUT2D eigenvalue weighted by Crippen LogP contribution is 2.31. The Hall–Kier alpha value is -0.940. The summed E-state index contributed by atoms with van der Waals surface area (Å²) in [5.41, 5.74) is 2.36. The van der Waals surface area contributed by atoms with Crippen molar-refractivity contribution in [1.82, 2.24) is 4.98 Å². The van der Waals surface area contributed by atoms with E-state index in [2.05, 4.69) is 36.8 Å². The Morgan fingerprint density at radius 2 is 2.11 bits per heavy atom. The Balaban J connectivity index is 2.65. The molecule has 1 aromatic heterocycles. The highest BCUT2D eigenvalue weighted by molar-refractivity contribution is 9.11. The van der Waals surface area contributed by atoms with Crippen LogP contribution in [-0.2, 0) is 4.74 Å². The Morgan fingerprint density at radius 1 is 1.39 bits per heavy atom. The minimum absolute atomic E-state index is 0.350. The quantitative estimate of drug-likeness (QED) is 0.740. The second-order valence-corrected chi connectivity index (χ2v) is 5.42. The predicted octanol–water partition coefficient (Wildman–Crippen LogP) is 4.24. The molecule has 0 fully saturated rings. The molecule has 94 valence electrons. The third kappa shape index (κ3) is 2.29. The molecule has 0 spiro atoms. The SMILES string of the molecule is CCOC(=O)c1cnc2c(C)c(Br)ccc2c1Br. The molecule has 5 heteroatoms. The maximum absolute atomic E-state index is 11.8. The number of carbonyl (C=O) groups is 1. The van der Waals surface area contributed by atoms with Gasteiger partial charge in [-0.2, -0.15) is 0 Å². The number of halogens is 2. The number of aromatic nitrogens is 1. The first-order valence-corrected chi connectivity index (χ1v) is 7.05. The molecule has 0 aliphatic carbocycles. The van der Waals surface area contributed by atoms with Gasteiger partial charge in [-0.15, -0.1) is 0 Å². The first kappa shape index (κ1) is 13.5. The molecule has 0 bridgehead atoms. The van der Waals surface area contributed by atoms with Crippen molar-refractivity contribution in [3.05, 3.63) is 38.4 Å². The molecule has 0 atom stereocenters. The standard InChI is InChI=1S/C13H11Br2NO2/c1-3-18-13(17)9-6-16-12-7(2)10(14)5-4-8(12)11(9)15/h4-6H,3H2,1-2H3. The molecule has 3 nitrogen and oxygen atoms in total. The minimum atomic E-state index is -0.362. The Kier molecular flexibility index (Phi) is 4.02. The lowest BCUT2D eigenvalue weighted by atomic mass is 10.1. The van der Waals surface area contributed by atoms with Gasteiger partial charge in [-0.25, -0.2) is 4.79 Å². The first-order chi connectivity index (χ1) is 8.56. The molecule has 0 aliphatic heterocycles. The van der Waals surface area contributed by atoms with Gasteiger partial charge in [0.1, 0.15) is 0 Å². The van der Waals surface area contributed by atoms with Crippen LogP contribution in [0.3, 0.4) is 0 Å². The molecular formula is C13H11Br2NO2. The zero-order chi connectivity index (χ0) is 13.3. The molecule has 1 aromatic carbocycles. The number of carbonyl (C=O) groups excluding carboxylic acids is 1. The van der Waals surface area contributed by atoms with Crippen LogP contribution >= 0.6 is 31.9 Å². The lowest BCUT2D eigenvalue weighted by Crippen LogP contribution is -2.06. The number of pyridine rings is 1. The highest BCUT2D eigenvalue weighted by Gasteiger charge is 2.15. The van der Waals surface area contributed by atoms with Crippen molar-refractivity contribution in [2.24, 2.45) is 0 Å². The maximum atomic E-state index is 11.8. The average molecular weight is 373 g/mol. The molecule has 0 radical (unpaired) electrons. The summed E-state index contributed by atoms with van der Waals surface area (Å²) in [4.78, 5) is 16.1. The zero-order valence-electron chi connectivity index (χ0n) is 9.96. The van der Waals surface area contributed by atoms with E-state index in [1.54, 1.807) is 13.1 Å². The summed E-state index contributed by atoms with van der Waals surface area (Å²) in [5, 5.41) is 0.904. The Morgan fingerprint density at radius 3 is 2.78 bits per heavy atom. The van der Waals surface area contributed by atoms with E-state index >= 15 is 0 Å². The third-order valence-corrected chi connectivity index (χ3v) is 4.37. The van der Waals surface area contributed by atoms with Gasteiger partial charge in [0.05, 0.1) is 17.7 Å². The molecular weight excluding hydrogens is 362 g/mol. The Labute approximate surface area is 122 Å². The zero-order valence-corrected chi connectivity index (χ0v) is 13.1. The van der Waals surface area contributed by atoms with Gasteiger partial charge in [0.2, 0.25) is 0 Å². The lowest BCUT2D eigenvalue weighted by molar-refractivity contribution is 0.0525. The average Bonchev–Trinajstić information content (AvgIpc) is 2.34. The van der Waals surface area contributed by atoms with E-state index in [1.807, 2.05) is 19.1 Å². The van der Waals surface area contributed by atoms with Crippen LogP contribution in [0.4, 0.5) is 0 Å². The molecule has 18 heavy (non-hydrogen) atoms. The van der Waals surface area contributed by atoms with E-state index in [0.717, 1.165) is 25.4 Å². The highest BCUT2D eigenvalue weighted by atomic mass is 79.9. The number of aryl methyl sites for hydroxylation is 1. The van der Waals surface area contributed by atoms with E-state index < -0.39 is 0 Å². The molecule has 0 N–H and O–H groups in total. The van der Waals surface area contributed by atoms with E-state index in [0.29, 0.717) is 12.2 Å². The fraction of sp³-hybridized carbons (Fsp3) is 0.231. The van der Waals surface area contributed by atoms with Crippen LogP contribution in [0.1, 0.15) is 22.8 Å². The molecule has 2 rings (SSSR count). The summed E-state index contributed by atoms with van der Waals surface area (Å²) >= 11 is 6.92. The minimum Gasteiger partial charge on any atom is -0.462 e. The van der Waals surface area contributed by atoms with Crippen LogP contribution in [0.25, 0.3) is 10.9 Å². The summed E-state index contributed by atoms with van der Waals surface area (Å²) in [6.07, 6.45) is 1.55. The van der Waals surface area contributed by atoms with Gasteiger partial charge in [-0.05, 0) is 41.4 Å². The van der Waals surface area contributed by atoms with E-state index in [-0.39, 0.29) is 5.97 Å². The molecule has 0 saturated carbocycles. The van der Waals surface area contributed by atoms with Crippen LogP contribution < -0.4 is 0 Å². The first-order valence-electron chi connectivity index (χ1n) is 5.46. The summed E-state index contributed by atoms with van der Waals surface area (Å²) < 4.78 is 6.72. The smallest absolute Gasteiger partial charge is 0.340 e. The van der Waals surface area contributed by atoms with Crippen molar-refractivity contribution in [3.8, 4) is 0 Å². The number of benzene rings is 1. The van der Waals surface area contributed by atoms with Gasteiger partial charge in [-0.1, -0.05) is 22.0 Å². The molecule has 0 amide bonds. The molecule has 1 heterocycles. The topological polar surface area (TPSA) is 39.2 Å². The van der Waals surface area contributed by atoms with Crippen molar-refractivity contribution < 1.29 is 9.53 Å². The van der Waals surface area contributed by atoms with Crippen molar-refractivity contribution in [1.29, 1.82) is 0 Å². The van der Waals surface area contributed by atoms with E-state index in [9.17, 15) is 4.79 Å². The predicted molar refractivity (Wildman–Crippen MR) is 77.8 cm³/mol. The van der Waals surface area contributed by atoms with Crippen molar-refractivity contribution >= 4 is 48.7 Å². The number of hydrogen-bond acceptors (Lipinski definition) is 3. The van der Waals surface area contributed by atoms with Gasteiger partial charge < -0.3 is 4.74 Å². The molecule has 0 unspecified atom stereocenters. The number of esters is 1. The van der Waals surface area contributed by atoms with Crippen LogP contribution in [0.5, 0.6) is 0 Å². The number of nitrogens with zero attached hydrogens (tertiary/aromatic N) is 1. The summed E-state index contributed by atoms with van der Waals surface area (Å²) in [6, 6.07) is 3.87. The van der Waals surface area contributed by atoms with E-state index in [4.69, 9.17) is 4.74 Å². The molecule has 0 aliphatic rings. The second-order valence-electron chi connectivity index (χ2n) is 3.77. The van der Waals surface area contributed by atoms with Gasteiger partial charge >= 0.3 is 5.97 Å². The molecule has 2 aromatic rings. The van der Waals surface area contributed by atoms with Crippen LogP contribution in [0.2, 0.25) is 0 Å². The number of hydrogen-bond donors (Lipinski definition) is 0. The third-order valence-electron chi connectivity index (χ3n) is 2.66. The largest absolute Gasteiger partial charge is 0.462 e. The lowest BCUT2D eigenvalue weighted by Gasteiger charge is -2.09. The van der Waals surface area contributed by atoms with Gasteiger partial charge in [-0.3, -0.25) is 4.98 Å². The number of rotatable bonds is 2. The van der Waals surface area contributed by atoms with Crippen molar-refractivity contribution in [3.63, 3.8) is 0 Å². The maximum Gasteiger partial charge on any atom is 0.340 e. The fourth-order valence-corrected chi connectivity index (χ4v) is 2.61. The Bertz CT molecular complexity index is 626. The van der Waals surface area contributed by atoms with Gasteiger partial charge in [0.15, 0.2) is 0 Å². The fourth-order valence-electron chi connectivity index (χ4n) is 1.70. The second kappa shape index (κ2) is 5.36. The monoisotopic (exact) mass is 371 g/mol. The van der Waals surface area contributed by atoms with E-state index in [1.165, 1.54) is 0 Å². The van der Waals surface area contributed by atoms with Crippen LogP contribution in [0, 0.1) is 6.92 Å². The van der Waals surface area contributed by atoms with Crippen LogP contribution in [-0.4, -0.2) is 17.6 Å². The van der Waals surface area contributed by atoms with Gasteiger partial charge in [0, 0.05) is 20.5 Å². The summed E-state index contributed by atoms with van der Waals surface area (Å²) in [6.45, 7) is 4.11. The van der Waals surface area contributed by atoms with Gasteiger partial charge in [0.25, 0.3) is 0 Å². The van der Waals surface area contributed by atoms with Crippen molar-refractivity contribution in [2.45, 2.75) is 13.8 Å². The molecule has 0 saturated heterocycles. The summed E-state index contributed by atoms with van der Waals surface area (Å²) in [5.74, 6) is -0.362. The number of ether oxygens (including phenoxy) is 1. The normalized spacial score (nSPS) is 10.7. The number of fused-ring (bicyclic) bond motifs is 1.